The van der Waals surface area contributed by atoms with Crippen LogP contribution in [0.1, 0.15) is 53.4 Å². The Kier molecular flexibility index (Phi) is 9.10. The third-order valence-corrected chi connectivity index (χ3v) is 3.74. The molecule has 26 heavy (non-hydrogen) atoms. The third-order valence-electron chi connectivity index (χ3n) is 3.74. The van der Waals surface area contributed by atoms with Gasteiger partial charge in [0.05, 0.1) is 0 Å². The van der Waals surface area contributed by atoms with E-state index in [2.05, 4.69) is 37.9 Å². The molecule has 0 aliphatic carbocycles. The largest absolute Gasteiger partial charge is 0.483 e. The molecule has 1 heterocycles. The fourth-order valence-electron chi connectivity index (χ4n) is 2.20. The van der Waals surface area contributed by atoms with Crippen molar-refractivity contribution >= 4 is 0 Å². The molecule has 2 nitrogen and oxygen atoms in total. The topological polar surface area (TPSA) is 22.1 Å². The molecule has 1 aromatic rings. The van der Waals surface area contributed by atoms with Crippen molar-refractivity contribution in [1.82, 2.24) is 4.98 Å². The molecule has 1 rings (SSSR count). The maximum atomic E-state index is 13.4. The van der Waals surface area contributed by atoms with Crippen molar-refractivity contribution in [1.29, 1.82) is 0 Å². The molecule has 0 aliphatic heterocycles. The lowest BCUT2D eigenvalue weighted by molar-refractivity contribution is 0.290. The SMILES string of the molecule is CC(C)=CCCC(C)=CCCC(C)=CCOc1c(F)c(F)nc(F)c1F. The lowest BCUT2D eigenvalue weighted by atomic mass is 10.1. The molecule has 0 saturated heterocycles. The molecule has 0 aromatic carbocycles. The van der Waals surface area contributed by atoms with Gasteiger partial charge in [0.1, 0.15) is 6.61 Å². The summed E-state index contributed by atoms with van der Waals surface area (Å²) in [5.41, 5.74) is 3.56. The number of halogens is 4. The number of aromatic nitrogens is 1. The zero-order chi connectivity index (χ0) is 19.7. The normalized spacial score (nSPS) is 12.3. The first-order chi connectivity index (χ1) is 12.2. The molecule has 0 aliphatic rings. The Hall–Kier alpha value is -2.11. The lowest BCUT2D eigenvalue weighted by Crippen LogP contribution is -2.06. The van der Waals surface area contributed by atoms with Gasteiger partial charge in [-0.3, -0.25) is 0 Å². The van der Waals surface area contributed by atoms with Crippen molar-refractivity contribution in [2.24, 2.45) is 0 Å². The second-order valence-electron chi connectivity index (χ2n) is 6.42. The highest BCUT2D eigenvalue weighted by Gasteiger charge is 2.21. The van der Waals surface area contributed by atoms with Crippen molar-refractivity contribution in [3.8, 4) is 5.75 Å². The van der Waals surface area contributed by atoms with Gasteiger partial charge in [-0.25, -0.2) is 0 Å². The first kappa shape index (κ1) is 21.9. The average molecular weight is 371 g/mol. The fourth-order valence-corrected chi connectivity index (χ4v) is 2.20. The second-order valence-corrected chi connectivity index (χ2v) is 6.42. The molecule has 0 amide bonds. The molecule has 0 N–H and O–H groups in total. The van der Waals surface area contributed by atoms with E-state index in [0.717, 1.165) is 31.3 Å². The molecule has 0 bridgehead atoms. The number of hydrogen-bond acceptors (Lipinski definition) is 2. The summed E-state index contributed by atoms with van der Waals surface area (Å²) in [6.45, 7) is 7.89. The van der Waals surface area contributed by atoms with E-state index in [4.69, 9.17) is 4.74 Å². The van der Waals surface area contributed by atoms with Crippen molar-refractivity contribution in [3.05, 3.63) is 58.5 Å². The van der Waals surface area contributed by atoms with Gasteiger partial charge in [0, 0.05) is 0 Å². The minimum absolute atomic E-state index is 0.189. The fraction of sp³-hybridized carbons (Fsp3) is 0.450. The minimum Gasteiger partial charge on any atom is -0.483 e. The predicted octanol–water partition coefficient (Wildman–Crippen LogP) is 6.44. The highest BCUT2D eigenvalue weighted by molar-refractivity contribution is 5.24. The van der Waals surface area contributed by atoms with Crippen LogP contribution in [0.2, 0.25) is 0 Å². The van der Waals surface area contributed by atoms with Crippen LogP contribution < -0.4 is 4.74 Å². The molecule has 0 spiro atoms. The maximum absolute atomic E-state index is 13.4. The van der Waals surface area contributed by atoms with Gasteiger partial charge < -0.3 is 4.74 Å². The number of allylic oxidation sites excluding steroid dienone is 5. The molecular formula is C20H25F4NO. The summed E-state index contributed by atoms with van der Waals surface area (Å²) >= 11 is 0. The van der Waals surface area contributed by atoms with E-state index in [9.17, 15) is 17.6 Å². The second kappa shape index (κ2) is 10.8. The van der Waals surface area contributed by atoms with Crippen LogP contribution >= 0.6 is 0 Å². The summed E-state index contributed by atoms with van der Waals surface area (Å²) in [4.78, 5) is 2.48. The predicted molar refractivity (Wildman–Crippen MR) is 95.0 cm³/mol. The van der Waals surface area contributed by atoms with Gasteiger partial charge in [0.25, 0.3) is 11.9 Å². The van der Waals surface area contributed by atoms with Crippen molar-refractivity contribution < 1.29 is 22.3 Å². The Labute approximate surface area is 152 Å². The van der Waals surface area contributed by atoms with Gasteiger partial charge in [-0.2, -0.15) is 22.5 Å². The molecule has 0 atom stereocenters. The maximum Gasteiger partial charge on any atom is 0.255 e. The average Bonchev–Trinajstić information content (AvgIpc) is 2.56. The van der Waals surface area contributed by atoms with Crippen LogP contribution in [-0.2, 0) is 0 Å². The molecule has 0 radical (unpaired) electrons. The molecule has 144 valence electrons. The first-order valence-electron chi connectivity index (χ1n) is 8.49. The monoisotopic (exact) mass is 371 g/mol. The van der Waals surface area contributed by atoms with Crippen molar-refractivity contribution in [3.63, 3.8) is 0 Å². The van der Waals surface area contributed by atoms with Crippen LogP contribution in [0.15, 0.2) is 34.9 Å². The summed E-state index contributed by atoms with van der Waals surface area (Å²) in [5, 5.41) is 0. The van der Waals surface area contributed by atoms with Crippen molar-refractivity contribution in [2.45, 2.75) is 53.4 Å². The van der Waals surface area contributed by atoms with Gasteiger partial charge in [-0.15, -0.1) is 0 Å². The number of hydrogen-bond donors (Lipinski definition) is 0. The zero-order valence-electron chi connectivity index (χ0n) is 15.6. The van der Waals surface area contributed by atoms with E-state index in [1.165, 1.54) is 11.1 Å². The first-order valence-corrected chi connectivity index (χ1v) is 8.49. The highest BCUT2D eigenvalue weighted by Crippen LogP contribution is 2.24. The Bertz CT molecular complexity index is 678. The van der Waals surface area contributed by atoms with Gasteiger partial charge >= 0.3 is 0 Å². The van der Waals surface area contributed by atoms with Crippen LogP contribution in [0.3, 0.4) is 0 Å². The van der Waals surface area contributed by atoms with Crippen molar-refractivity contribution in [2.75, 3.05) is 6.61 Å². The zero-order valence-corrected chi connectivity index (χ0v) is 15.6. The van der Waals surface area contributed by atoms with Gasteiger partial charge in [-0.1, -0.05) is 28.9 Å². The summed E-state index contributed by atoms with van der Waals surface area (Å²) in [7, 11) is 0. The number of rotatable bonds is 9. The van der Waals surface area contributed by atoms with E-state index in [1.54, 1.807) is 6.08 Å². The van der Waals surface area contributed by atoms with Gasteiger partial charge in [-0.05, 0) is 59.5 Å². The standard InChI is InChI=1S/C20H25F4NO/c1-13(2)7-5-8-14(3)9-6-10-15(4)11-12-26-18-16(21)19(23)25-20(24)17(18)22/h7,9,11H,5-6,8,10,12H2,1-4H3. The molecule has 6 heteroatoms. The third kappa shape index (κ3) is 7.42. The number of pyridine rings is 1. The lowest BCUT2D eigenvalue weighted by Gasteiger charge is -2.07. The highest BCUT2D eigenvalue weighted by atomic mass is 19.2. The number of nitrogens with zero attached hydrogens (tertiary/aromatic N) is 1. The quantitative estimate of drug-likeness (QED) is 0.283. The van der Waals surface area contributed by atoms with E-state index >= 15 is 0 Å². The molecule has 0 saturated carbocycles. The Balaban J connectivity index is 2.49. The number of ether oxygens (including phenoxy) is 1. The molecule has 0 fully saturated rings. The molecule has 0 unspecified atom stereocenters. The van der Waals surface area contributed by atoms with Crippen LogP contribution in [0.25, 0.3) is 0 Å². The van der Waals surface area contributed by atoms with E-state index in [-0.39, 0.29) is 6.61 Å². The van der Waals surface area contributed by atoms with E-state index in [1.807, 2.05) is 6.92 Å². The summed E-state index contributed by atoms with van der Waals surface area (Å²) in [5.74, 6) is -7.81. The Morgan fingerprint density at radius 2 is 1.31 bits per heavy atom. The van der Waals surface area contributed by atoms with E-state index < -0.39 is 29.3 Å². The molecular weight excluding hydrogens is 346 g/mol. The van der Waals surface area contributed by atoms with E-state index in [0.29, 0.717) is 0 Å². The van der Waals surface area contributed by atoms with Crippen LogP contribution in [0.4, 0.5) is 17.6 Å². The molecule has 1 aromatic heterocycles. The Morgan fingerprint density at radius 3 is 1.85 bits per heavy atom. The van der Waals surface area contributed by atoms with Crippen LogP contribution in [-0.4, -0.2) is 11.6 Å². The summed E-state index contributed by atoms with van der Waals surface area (Å²) in [6.07, 6.45) is 9.60. The smallest absolute Gasteiger partial charge is 0.255 e. The van der Waals surface area contributed by atoms with Gasteiger partial charge in [0.15, 0.2) is 0 Å². The van der Waals surface area contributed by atoms with Gasteiger partial charge in [0.2, 0.25) is 17.4 Å². The minimum atomic E-state index is -1.73. The van der Waals surface area contributed by atoms with Crippen LogP contribution in [0.5, 0.6) is 5.75 Å². The summed E-state index contributed by atoms with van der Waals surface area (Å²) in [6, 6.07) is 0. The Morgan fingerprint density at radius 1 is 0.808 bits per heavy atom. The summed E-state index contributed by atoms with van der Waals surface area (Å²) < 4.78 is 57.6. The van der Waals surface area contributed by atoms with Crippen LogP contribution in [0, 0.1) is 23.5 Å².